The Balaban J connectivity index is 1.93. The standard InChI is InChI=1S/C17H23FN4O2/c1-12(23)8-17(2,3)11-19-16(24)21-13-9-20-22(10-13)15-7-5-4-6-14(15)18/h4-7,9-10,12,23H,8,11H2,1-3H3,(H2,19,21,24)/t12-/m0/s1. The lowest BCUT2D eigenvalue weighted by molar-refractivity contribution is 0.129. The van der Waals surface area contributed by atoms with Crippen molar-refractivity contribution in [2.75, 3.05) is 11.9 Å². The van der Waals surface area contributed by atoms with Crippen LogP contribution in [0.5, 0.6) is 0 Å². The number of aromatic nitrogens is 2. The molecule has 0 unspecified atom stereocenters. The van der Waals surface area contributed by atoms with Gasteiger partial charge < -0.3 is 15.7 Å². The van der Waals surface area contributed by atoms with Crippen LogP contribution in [0.25, 0.3) is 5.69 Å². The number of rotatable bonds is 6. The van der Waals surface area contributed by atoms with Crippen LogP contribution in [0.3, 0.4) is 0 Å². The number of halogens is 1. The van der Waals surface area contributed by atoms with Gasteiger partial charge in [0.05, 0.1) is 24.2 Å². The largest absolute Gasteiger partial charge is 0.393 e. The summed E-state index contributed by atoms with van der Waals surface area (Å²) in [7, 11) is 0. The molecular formula is C17H23FN4O2. The van der Waals surface area contributed by atoms with Crippen molar-refractivity contribution >= 4 is 11.7 Å². The van der Waals surface area contributed by atoms with Crippen molar-refractivity contribution in [3.8, 4) is 5.69 Å². The summed E-state index contributed by atoms with van der Waals surface area (Å²) in [6.45, 7) is 6.08. The normalized spacial score (nSPS) is 12.7. The van der Waals surface area contributed by atoms with Crippen LogP contribution in [-0.2, 0) is 0 Å². The van der Waals surface area contributed by atoms with E-state index >= 15 is 0 Å². The molecule has 130 valence electrons. The molecule has 2 amide bonds. The first kappa shape index (κ1) is 17.9. The van der Waals surface area contributed by atoms with Gasteiger partial charge in [-0.15, -0.1) is 0 Å². The number of nitrogens with zero attached hydrogens (tertiary/aromatic N) is 2. The maximum atomic E-state index is 13.7. The number of carbonyl (C=O) groups excluding carboxylic acids is 1. The minimum absolute atomic E-state index is 0.219. The number of para-hydroxylation sites is 1. The van der Waals surface area contributed by atoms with E-state index in [4.69, 9.17) is 0 Å². The molecule has 0 aliphatic heterocycles. The molecule has 0 saturated heterocycles. The number of carbonyl (C=O) groups is 1. The zero-order valence-corrected chi connectivity index (χ0v) is 14.1. The summed E-state index contributed by atoms with van der Waals surface area (Å²) in [6, 6.07) is 5.89. The summed E-state index contributed by atoms with van der Waals surface area (Å²) in [4.78, 5) is 12.0. The molecule has 6 nitrogen and oxygen atoms in total. The van der Waals surface area contributed by atoms with Crippen LogP contribution in [0.15, 0.2) is 36.7 Å². The SMILES string of the molecule is C[C@H](O)CC(C)(C)CNC(=O)Nc1cnn(-c2ccccc2F)c1. The summed E-state index contributed by atoms with van der Waals surface area (Å²) < 4.78 is 15.1. The first-order valence-corrected chi connectivity index (χ1v) is 7.79. The fourth-order valence-electron chi connectivity index (χ4n) is 2.52. The molecule has 0 bridgehead atoms. The molecule has 1 aromatic heterocycles. The highest BCUT2D eigenvalue weighted by atomic mass is 19.1. The zero-order valence-electron chi connectivity index (χ0n) is 14.1. The van der Waals surface area contributed by atoms with E-state index in [-0.39, 0.29) is 11.4 Å². The van der Waals surface area contributed by atoms with Crippen LogP contribution in [0, 0.1) is 11.2 Å². The van der Waals surface area contributed by atoms with Crippen molar-refractivity contribution in [1.29, 1.82) is 0 Å². The minimum atomic E-state index is -0.427. The number of aliphatic hydroxyl groups is 1. The van der Waals surface area contributed by atoms with Crippen LogP contribution in [0.2, 0.25) is 0 Å². The lowest BCUT2D eigenvalue weighted by atomic mass is 9.87. The van der Waals surface area contributed by atoms with Gasteiger partial charge in [0.2, 0.25) is 0 Å². The second-order valence-electron chi connectivity index (χ2n) is 6.65. The van der Waals surface area contributed by atoms with E-state index in [2.05, 4.69) is 15.7 Å². The van der Waals surface area contributed by atoms with Crippen molar-refractivity contribution in [2.24, 2.45) is 5.41 Å². The third-order valence-electron chi connectivity index (χ3n) is 3.52. The summed E-state index contributed by atoms with van der Waals surface area (Å²) in [5.41, 5.74) is 0.552. The number of hydrogen-bond donors (Lipinski definition) is 3. The Morgan fingerprint density at radius 2 is 2.12 bits per heavy atom. The molecule has 0 spiro atoms. The highest BCUT2D eigenvalue weighted by molar-refractivity contribution is 5.88. The lowest BCUT2D eigenvalue weighted by Gasteiger charge is -2.26. The molecule has 1 atom stereocenters. The van der Waals surface area contributed by atoms with E-state index < -0.39 is 11.9 Å². The first-order valence-electron chi connectivity index (χ1n) is 7.79. The Bertz CT molecular complexity index is 697. The van der Waals surface area contributed by atoms with Crippen molar-refractivity contribution < 1.29 is 14.3 Å². The zero-order chi connectivity index (χ0) is 17.7. The fourth-order valence-corrected chi connectivity index (χ4v) is 2.52. The highest BCUT2D eigenvalue weighted by Gasteiger charge is 2.21. The predicted molar refractivity (Wildman–Crippen MR) is 90.6 cm³/mol. The van der Waals surface area contributed by atoms with E-state index in [1.54, 1.807) is 31.3 Å². The van der Waals surface area contributed by atoms with E-state index in [1.807, 2.05) is 13.8 Å². The second-order valence-corrected chi connectivity index (χ2v) is 6.65. The quantitative estimate of drug-likeness (QED) is 0.760. The molecule has 24 heavy (non-hydrogen) atoms. The summed E-state index contributed by atoms with van der Waals surface area (Å²) in [6.07, 6.45) is 3.15. The van der Waals surface area contributed by atoms with Crippen molar-refractivity contribution in [3.05, 3.63) is 42.5 Å². The van der Waals surface area contributed by atoms with Gasteiger partial charge in [-0.3, -0.25) is 0 Å². The molecule has 0 fully saturated rings. The maximum Gasteiger partial charge on any atom is 0.319 e. The van der Waals surface area contributed by atoms with Gasteiger partial charge >= 0.3 is 6.03 Å². The van der Waals surface area contributed by atoms with Gasteiger partial charge in [0.15, 0.2) is 0 Å². The number of amides is 2. The minimum Gasteiger partial charge on any atom is -0.393 e. The molecule has 0 aliphatic rings. The van der Waals surface area contributed by atoms with Gasteiger partial charge in [0.25, 0.3) is 0 Å². The second kappa shape index (κ2) is 7.44. The summed E-state index contributed by atoms with van der Waals surface area (Å²) >= 11 is 0. The Kier molecular flexibility index (Phi) is 5.56. The number of nitrogens with one attached hydrogen (secondary N) is 2. The molecule has 0 aliphatic carbocycles. The molecule has 2 rings (SSSR count). The Hall–Kier alpha value is -2.41. The molecular weight excluding hydrogens is 311 g/mol. The number of benzene rings is 1. The number of anilines is 1. The lowest BCUT2D eigenvalue weighted by Crippen LogP contribution is -2.38. The average Bonchev–Trinajstić information content (AvgIpc) is 2.93. The molecule has 7 heteroatoms. The van der Waals surface area contributed by atoms with Gasteiger partial charge in [0.1, 0.15) is 11.5 Å². The van der Waals surface area contributed by atoms with E-state index in [9.17, 15) is 14.3 Å². The van der Waals surface area contributed by atoms with Gasteiger partial charge in [-0.2, -0.15) is 5.10 Å². The van der Waals surface area contributed by atoms with Gasteiger partial charge in [-0.1, -0.05) is 26.0 Å². The van der Waals surface area contributed by atoms with Crippen LogP contribution >= 0.6 is 0 Å². The van der Waals surface area contributed by atoms with Crippen LogP contribution < -0.4 is 10.6 Å². The highest BCUT2D eigenvalue weighted by Crippen LogP contribution is 2.21. The molecule has 0 radical (unpaired) electrons. The molecule has 2 aromatic rings. The number of hydrogen-bond acceptors (Lipinski definition) is 3. The fraction of sp³-hybridized carbons (Fsp3) is 0.412. The van der Waals surface area contributed by atoms with Gasteiger partial charge in [-0.25, -0.2) is 13.9 Å². The monoisotopic (exact) mass is 334 g/mol. The molecule has 1 heterocycles. The Morgan fingerprint density at radius 1 is 1.42 bits per heavy atom. The summed E-state index contributed by atoms with van der Waals surface area (Å²) in [5.74, 6) is -0.392. The predicted octanol–water partition coefficient (Wildman–Crippen LogP) is 2.93. The van der Waals surface area contributed by atoms with Crippen LogP contribution in [0.1, 0.15) is 27.2 Å². The van der Waals surface area contributed by atoms with Gasteiger partial charge in [-0.05, 0) is 30.9 Å². The van der Waals surface area contributed by atoms with Crippen LogP contribution in [-0.4, -0.2) is 33.6 Å². The van der Waals surface area contributed by atoms with Crippen molar-refractivity contribution in [2.45, 2.75) is 33.3 Å². The third kappa shape index (κ3) is 5.06. The van der Waals surface area contributed by atoms with Crippen molar-refractivity contribution in [1.82, 2.24) is 15.1 Å². The molecule has 3 N–H and O–H groups in total. The van der Waals surface area contributed by atoms with Crippen molar-refractivity contribution in [3.63, 3.8) is 0 Å². The molecule has 0 saturated carbocycles. The number of aliphatic hydroxyl groups excluding tert-OH is 1. The molecule has 1 aromatic carbocycles. The third-order valence-corrected chi connectivity index (χ3v) is 3.52. The average molecular weight is 334 g/mol. The smallest absolute Gasteiger partial charge is 0.319 e. The Morgan fingerprint density at radius 3 is 2.79 bits per heavy atom. The summed E-state index contributed by atoms with van der Waals surface area (Å²) in [5, 5.41) is 18.9. The van der Waals surface area contributed by atoms with E-state index in [0.717, 1.165) is 0 Å². The van der Waals surface area contributed by atoms with E-state index in [1.165, 1.54) is 16.9 Å². The number of urea groups is 1. The maximum absolute atomic E-state index is 13.7. The van der Waals surface area contributed by atoms with Crippen LogP contribution in [0.4, 0.5) is 14.9 Å². The first-order chi connectivity index (χ1) is 11.3. The van der Waals surface area contributed by atoms with E-state index in [0.29, 0.717) is 24.3 Å². The topological polar surface area (TPSA) is 79.2 Å². The Labute approximate surface area is 140 Å². The van der Waals surface area contributed by atoms with Gasteiger partial charge in [0, 0.05) is 6.54 Å².